The highest BCUT2D eigenvalue weighted by Crippen LogP contribution is 2.74. The van der Waals surface area contributed by atoms with Crippen LogP contribution in [0.2, 0.25) is 0 Å². The molecule has 4 N–H and O–H groups in total. The molecular weight excluding hydrogens is 208 g/mol. The van der Waals surface area contributed by atoms with Gasteiger partial charge in [0.05, 0.1) is 0 Å². The molecule has 0 aromatic rings. The van der Waals surface area contributed by atoms with Crippen LogP contribution in [0.1, 0.15) is 58.8 Å². The van der Waals surface area contributed by atoms with Crippen LogP contribution >= 0.6 is 0 Å². The van der Waals surface area contributed by atoms with Gasteiger partial charge >= 0.3 is 0 Å². The van der Waals surface area contributed by atoms with E-state index in [1.165, 1.54) is 44.9 Å². The van der Waals surface area contributed by atoms with Crippen LogP contribution in [0.5, 0.6) is 0 Å². The standard InChI is InChI=1S/C15H28N2/c1-12-5-13(2)7-14(6-12,3-4-16)10-15(8-12,9-13)11-17/h3-11,16-17H2,1-2H3/t12-,13+,14?,15?. The van der Waals surface area contributed by atoms with Crippen molar-refractivity contribution in [3.05, 3.63) is 0 Å². The Balaban J connectivity index is 2.01. The van der Waals surface area contributed by atoms with Crippen molar-refractivity contribution in [3.8, 4) is 0 Å². The molecular formula is C15H28N2. The predicted molar refractivity (Wildman–Crippen MR) is 71.5 cm³/mol. The molecule has 0 radical (unpaired) electrons. The molecule has 0 aliphatic heterocycles. The maximum atomic E-state index is 6.17. The van der Waals surface area contributed by atoms with Gasteiger partial charge in [0, 0.05) is 0 Å². The molecule has 4 fully saturated rings. The van der Waals surface area contributed by atoms with Gasteiger partial charge in [-0.2, -0.15) is 0 Å². The van der Waals surface area contributed by atoms with Crippen molar-refractivity contribution < 1.29 is 0 Å². The molecule has 4 saturated carbocycles. The molecule has 17 heavy (non-hydrogen) atoms. The molecule has 0 amide bonds. The summed E-state index contributed by atoms with van der Waals surface area (Å²) in [5.41, 5.74) is 14.2. The van der Waals surface area contributed by atoms with E-state index in [2.05, 4.69) is 13.8 Å². The van der Waals surface area contributed by atoms with Gasteiger partial charge in [0.25, 0.3) is 0 Å². The summed E-state index contributed by atoms with van der Waals surface area (Å²) in [6.07, 6.45) is 9.58. The second-order valence-electron chi connectivity index (χ2n) is 8.42. The van der Waals surface area contributed by atoms with E-state index in [-0.39, 0.29) is 0 Å². The zero-order valence-electron chi connectivity index (χ0n) is 11.5. The minimum absolute atomic E-state index is 0.452. The first kappa shape index (κ1) is 12.0. The van der Waals surface area contributed by atoms with Gasteiger partial charge in [-0.05, 0) is 79.7 Å². The lowest BCUT2D eigenvalue weighted by Crippen LogP contribution is -2.61. The fraction of sp³-hybridized carbons (Fsp3) is 1.00. The summed E-state index contributed by atoms with van der Waals surface area (Å²) < 4.78 is 0. The van der Waals surface area contributed by atoms with E-state index in [4.69, 9.17) is 11.5 Å². The second kappa shape index (κ2) is 3.27. The van der Waals surface area contributed by atoms with E-state index in [0.717, 1.165) is 13.1 Å². The minimum atomic E-state index is 0.452. The summed E-state index contributed by atoms with van der Waals surface area (Å²) in [6, 6.07) is 0. The van der Waals surface area contributed by atoms with E-state index < -0.39 is 0 Å². The lowest BCUT2D eigenvalue weighted by Gasteiger charge is -2.70. The molecule has 98 valence electrons. The largest absolute Gasteiger partial charge is 0.330 e. The Bertz CT molecular complexity index is 318. The van der Waals surface area contributed by atoms with Crippen LogP contribution in [0.4, 0.5) is 0 Å². The highest BCUT2D eigenvalue weighted by Gasteiger charge is 2.64. The van der Waals surface area contributed by atoms with Gasteiger partial charge in [-0.25, -0.2) is 0 Å². The quantitative estimate of drug-likeness (QED) is 0.791. The first-order chi connectivity index (χ1) is 7.86. The Labute approximate surface area is 106 Å². The Morgan fingerprint density at radius 1 is 0.765 bits per heavy atom. The van der Waals surface area contributed by atoms with Crippen molar-refractivity contribution in [3.63, 3.8) is 0 Å². The molecule has 4 atom stereocenters. The number of hydrogen-bond acceptors (Lipinski definition) is 2. The van der Waals surface area contributed by atoms with Crippen molar-refractivity contribution in [1.29, 1.82) is 0 Å². The minimum Gasteiger partial charge on any atom is -0.330 e. The van der Waals surface area contributed by atoms with Crippen LogP contribution in [0, 0.1) is 21.7 Å². The van der Waals surface area contributed by atoms with Crippen molar-refractivity contribution in [2.24, 2.45) is 33.1 Å². The maximum absolute atomic E-state index is 6.17. The first-order valence-corrected chi connectivity index (χ1v) is 7.27. The second-order valence-corrected chi connectivity index (χ2v) is 8.42. The Morgan fingerprint density at radius 2 is 1.29 bits per heavy atom. The number of hydrogen-bond donors (Lipinski definition) is 2. The monoisotopic (exact) mass is 236 g/mol. The van der Waals surface area contributed by atoms with Crippen molar-refractivity contribution in [2.45, 2.75) is 58.8 Å². The van der Waals surface area contributed by atoms with Crippen molar-refractivity contribution >= 4 is 0 Å². The van der Waals surface area contributed by atoms with E-state index in [1.807, 2.05) is 0 Å². The third-order valence-corrected chi connectivity index (χ3v) is 5.92. The maximum Gasteiger partial charge on any atom is -0.00199 e. The van der Waals surface area contributed by atoms with Gasteiger partial charge in [-0.1, -0.05) is 13.8 Å². The van der Waals surface area contributed by atoms with E-state index in [1.54, 1.807) is 0 Å². The molecule has 0 saturated heterocycles. The molecule has 4 aliphatic rings. The molecule has 2 heteroatoms. The Morgan fingerprint density at radius 3 is 1.76 bits per heavy atom. The van der Waals surface area contributed by atoms with E-state index in [9.17, 15) is 0 Å². The number of rotatable bonds is 3. The van der Waals surface area contributed by atoms with Crippen LogP contribution < -0.4 is 11.5 Å². The van der Waals surface area contributed by atoms with Gasteiger partial charge in [-0.15, -0.1) is 0 Å². The topological polar surface area (TPSA) is 52.0 Å². The van der Waals surface area contributed by atoms with Crippen LogP contribution in [0.25, 0.3) is 0 Å². The highest BCUT2D eigenvalue weighted by molar-refractivity contribution is 5.15. The molecule has 4 rings (SSSR count). The molecule has 4 aliphatic carbocycles. The fourth-order valence-electron chi connectivity index (χ4n) is 6.99. The molecule has 0 spiro atoms. The molecule has 4 bridgehead atoms. The molecule has 0 heterocycles. The summed E-state index contributed by atoms with van der Waals surface area (Å²) in [5, 5.41) is 0. The third kappa shape index (κ3) is 1.67. The molecule has 0 aromatic carbocycles. The Hall–Kier alpha value is -0.0800. The third-order valence-electron chi connectivity index (χ3n) is 5.92. The zero-order chi connectivity index (χ0) is 12.4. The lowest BCUT2D eigenvalue weighted by atomic mass is 9.35. The van der Waals surface area contributed by atoms with Crippen molar-refractivity contribution in [2.75, 3.05) is 13.1 Å². The van der Waals surface area contributed by atoms with Crippen LogP contribution in [-0.4, -0.2) is 13.1 Å². The average molecular weight is 236 g/mol. The van der Waals surface area contributed by atoms with Crippen molar-refractivity contribution in [1.82, 2.24) is 0 Å². The average Bonchev–Trinajstić information content (AvgIpc) is 2.11. The highest BCUT2D eigenvalue weighted by atomic mass is 14.7. The number of nitrogens with two attached hydrogens (primary N) is 2. The van der Waals surface area contributed by atoms with E-state index in [0.29, 0.717) is 21.7 Å². The summed E-state index contributed by atoms with van der Waals surface area (Å²) in [6.45, 7) is 6.77. The van der Waals surface area contributed by atoms with E-state index >= 15 is 0 Å². The van der Waals surface area contributed by atoms with Gasteiger partial charge in [0.15, 0.2) is 0 Å². The zero-order valence-corrected chi connectivity index (χ0v) is 11.5. The SMILES string of the molecule is C[C@]12CC3(CN)CC(CCN)(C1)C[C@@](C)(C3)C2. The van der Waals surface area contributed by atoms with Crippen LogP contribution in [0.15, 0.2) is 0 Å². The van der Waals surface area contributed by atoms with Crippen LogP contribution in [0.3, 0.4) is 0 Å². The molecule has 2 nitrogen and oxygen atoms in total. The van der Waals surface area contributed by atoms with Crippen LogP contribution in [-0.2, 0) is 0 Å². The van der Waals surface area contributed by atoms with Gasteiger partial charge in [0.1, 0.15) is 0 Å². The molecule has 0 aromatic heterocycles. The Kier molecular flexibility index (Phi) is 2.30. The van der Waals surface area contributed by atoms with Gasteiger partial charge in [-0.3, -0.25) is 0 Å². The first-order valence-electron chi connectivity index (χ1n) is 7.27. The summed E-state index contributed by atoms with van der Waals surface area (Å²) in [4.78, 5) is 0. The normalized spacial score (nSPS) is 56.5. The summed E-state index contributed by atoms with van der Waals surface area (Å²) in [5.74, 6) is 0. The van der Waals surface area contributed by atoms with Gasteiger partial charge < -0.3 is 11.5 Å². The van der Waals surface area contributed by atoms with Gasteiger partial charge in [0.2, 0.25) is 0 Å². The predicted octanol–water partition coefficient (Wildman–Crippen LogP) is 2.66. The fourth-order valence-corrected chi connectivity index (χ4v) is 6.99. The lowest BCUT2D eigenvalue weighted by molar-refractivity contribution is -0.187. The molecule has 2 unspecified atom stereocenters. The smallest absolute Gasteiger partial charge is 0.00199 e. The summed E-state index contributed by atoms with van der Waals surface area (Å²) >= 11 is 0. The summed E-state index contributed by atoms with van der Waals surface area (Å²) in [7, 11) is 0.